The fourth-order valence-corrected chi connectivity index (χ4v) is 8.32. The Kier molecular flexibility index (Phi) is 49.6. The topological polar surface area (TPSA) is 95.9 Å². The van der Waals surface area contributed by atoms with Crippen LogP contribution in [0.25, 0.3) is 0 Å². The van der Waals surface area contributed by atoms with Crippen LogP contribution >= 0.6 is 0 Å². The number of allylic oxidation sites excluding steroid dienone is 4. The molecular formula is C55H105NO5. The maximum absolute atomic E-state index is 12.4. The Balaban J connectivity index is 3.47. The molecule has 0 spiro atoms. The fourth-order valence-electron chi connectivity index (χ4n) is 8.32. The minimum Gasteiger partial charge on any atom is -0.466 e. The zero-order valence-electron chi connectivity index (χ0n) is 40.9. The number of esters is 1. The van der Waals surface area contributed by atoms with E-state index in [1.165, 1.54) is 173 Å². The quantitative estimate of drug-likeness (QED) is 0.0322. The number of carbonyl (C=O) groups is 2. The molecule has 0 bridgehead atoms. The van der Waals surface area contributed by atoms with E-state index in [4.69, 9.17) is 4.74 Å². The maximum atomic E-state index is 12.4. The molecule has 61 heavy (non-hydrogen) atoms. The normalized spacial score (nSPS) is 12.8. The van der Waals surface area contributed by atoms with E-state index in [0.717, 1.165) is 83.5 Å². The monoisotopic (exact) mass is 860 g/mol. The second-order valence-corrected chi connectivity index (χ2v) is 18.6. The molecule has 0 aromatic carbocycles. The molecule has 0 saturated carbocycles. The van der Waals surface area contributed by atoms with E-state index in [2.05, 4.69) is 43.5 Å². The van der Waals surface area contributed by atoms with Gasteiger partial charge in [-0.25, -0.2) is 0 Å². The summed E-state index contributed by atoms with van der Waals surface area (Å²) in [6.45, 7) is 4.90. The molecular weight excluding hydrogens is 755 g/mol. The summed E-state index contributed by atoms with van der Waals surface area (Å²) < 4.78 is 5.46. The number of amides is 1. The number of ether oxygens (including phenoxy) is 1. The van der Waals surface area contributed by atoms with Crippen molar-refractivity contribution in [2.75, 3.05) is 13.2 Å². The Morgan fingerprint density at radius 3 is 1.25 bits per heavy atom. The average Bonchev–Trinajstić information content (AvgIpc) is 3.26. The molecule has 0 aliphatic heterocycles. The molecule has 0 aromatic heterocycles. The van der Waals surface area contributed by atoms with Gasteiger partial charge < -0.3 is 20.3 Å². The SMILES string of the molecule is CCCCCCCCCCCCCCCCCCC(=O)OCCCCC/C=C\C/C=C\CCCCCCCCCC(=O)NC(CO)C(O)CCCCCCCCCCCCC. The second-order valence-electron chi connectivity index (χ2n) is 18.6. The van der Waals surface area contributed by atoms with Crippen LogP contribution in [-0.2, 0) is 14.3 Å². The molecule has 0 heterocycles. The summed E-state index contributed by atoms with van der Waals surface area (Å²) in [5.41, 5.74) is 0. The first-order chi connectivity index (χ1) is 30.0. The van der Waals surface area contributed by atoms with Gasteiger partial charge in [-0.3, -0.25) is 9.59 Å². The molecule has 2 atom stereocenters. The van der Waals surface area contributed by atoms with Crippen molar-refractivity contribution in [3.63, 3.8) is 0 Å². The van der Waals surface area contributed by atoms with E-state index < -0.39 is 12.1 Å². The summed E-state index contributed by atoms with van der Waals surface area (Å²) in [7, 11) is 0. The van der Waals surface area contributed by atoms with Gasteiger partial charge in [0, 0.05) is 12.8 Å². The van der Waals surface area contributed by atoms with Crippen LogP contribution in [0.3, 0.4) is 0 Å². The molecule has 0 aromatic rings. The predicted octanol–water partition coefficient (Wildman–Crippen LogP) is 16.3. The molecule has 2 unspecified atom stereocenters. The van der Waals surface area contributed by atoms with Gasteiger partial charge in [0.1, 0.15) is 0 Å². The predicted molar refractivity (Wildman–Crippen MR) is 264 cm³/mol. The highest BCUT2D eigenvalue weighted by molar-refractivity contribution is 5.76. The van der Waals surface area contributed by atoms with E-state index in [-0.39, 0.29) is 18.5 Å². The summed E-state index contributed by atoms with van der Waals surface area (Å²) in [5.74, 6) is -0.0642. The van der Waals surface area contributed by atoms with Crippen molar-refractivity contribution >= 4 is 11.9 Å². The zero-order chi connectivity index (χ0) is 44.4. The number of aliphatic hydroxyl groups excluding tert-OH is 2. The summed E-state index contributed by atoms with van der Waals surface area (Å²) in [6, 6.07) is -0.552. The van der Waals surface area contributed by atoms with Gasteiger partial charge in [0.05, 0.1) is 25.4 Å². The zero-order valence-corrected chi connectivity index (χ0v) is 40.9. The molecule has 0 rings (SSSR count). The van der Waals surface area contributed by atoms with Gasteiger partial charge in [-0.15, -0.1) is 0 Å². The highest BCUT2D eigenvalue weighted by Crippen LogP contribution is 2.16. The Morgan fingerprint density at radius 2 is 0.820 bits per heavy atom. The van der Waals surface area contributed by atoms with E-state index in [0.29, 0.717) is 25.9 Å². The summed E-state index contributed by atoms with van der Waals surface area (Å²) >= 11 is 0. The lowest BCUT2D eigenvalue weighted by Gasteiger charge is -2.22. The smallest absolute Gasteiger partial charge is 0.305 e. The molecule has 6 heteroatoms. The maximum Gasteiger partial charge on any atom is 0.305 e. The van der Waals surface area contributed by atoms with Crippen molar-refractivity contribution in [3.05, 3.63) is 24.3 Å². The van der Waals surface area contributed by atoms with Crippen molar-refractivity contribution in [3.8, 4) is 0 Å². The Bertz CT molecular complexity index is 951. The first-order valence-corrected chi connectivity index (χ1v) is 27.1. The van der Waals surface area contributed by atoms with Crippen LogP contribution in [0.2, 0.25) is 0 Å². The van der Waals surface area contributed by atoms with Gasteiger partial charge in [0.2, 0.25) is 5.91 Å². The number of rotatable bonds is 50. The molecule has 0 saturated heterocycles. The van der Waals surface area contributed by atoms with Crippen molar-refractivity contribution in [2.45, 2.75) is 302 Å². The molecule has 0 radical (unpaired) electrons. The van der Waals surface area contributed by atoms with Crippen LogP contribution in [-0.4, -0.2) is 47.4 Å². The largest absolute Gasteiger partial charge is 0.466 e. The fraction of sp³-hybridized carbons (Fsp3) is 0.891. The van der Waals surface area contributed by atoms with E-state index in [1.54, 1.807) is 0 Å². The Labute approximate surface area is 380 Å². The highest BCUT2D eigenvalue weighted by Gasteiger charge is 2.20. The van der Waals surface area contributed by atoms with Crippen LogP contribution in [0.5, 0.6) is 0 Å². The third kappa shape index (κ3) is 47.7. The molecule has 0 aliphatic rings. The summed E-state index contributed by atoms with van der Waals surface area (Å²) in [4.78, 5) is 24.5. The first-order valence-electron chi connectivity index (χ1n) is 27.1. The van der Waals surface area contributed by atoms with Crippen LogP contribution < -0.4 is 5.32 Å². The van der Waals surface area contributed by atoms with E-state index >= 15 is 0 Å². The Hall–Kier alpha value is -1.66. The van der Waals surface area contributed by atoms with E-state index in [9.17, 15) is 19.8 Å². The summed E-state index contributed by atoms with van der Waals surface area (Å²) in [6.07, 6.45) is 60.2. The number of nitrogens with one attached hydrogen (secondary N) is 1. The first kappa shape index (κ1) is 59.3. The van der Waals surface area contributed by atoms with Gasteiger partial charge in [-0.2, -0.15) is 0 Å². The van der Waals surface area contributed by atoms with Gasteiger partial charge in [-0.1, -0.05) is 237 Å². The molecule has 3 N–H and O–H groups in total. The van der Waals surface area contributed by atoms with Gasteiger partial charge >= 0.3 is 5.97 Å². The average molecular weight is 860 g/mol. The number of hydrogen-bond donors (Lipinski definition) is 3. The second kappa shape index (κ2) is 51.0. The minimum absolute atomic E-state index is 0.0122. The van der Waals surface area contributed by atoms with Crippen molar-refractivity contribution in [2.24, 2.45) is 0 Å². The molecule has 360 valence electrons. The van der Waals surface area contributed by atoms with Crippen molar-refractivity contribution in [1.82, 2.24) is 5.32 Å². The molecule has 0 aliphatic carbocycles. The lowest BCUT2D eigenvalue weighted by molar-refractivity contribution is -0.143. The van der Waals surface area contributed by atoms with Crippen LogP contribution in [0.15, 0.2) is 24.3 Å². The van der Waals surface area contributed by atoms with Crippen LogP contribution in [0.1, 0.15) is 290 Å². The molecule has 1 amide bonds. The minimum atomic E-state index is -0.673. The van der Waals surface area contributed by atoms with Crippen LogP contribution in [0, 0.1) is 0 Å². The van der Waals surface area contributed by atoms with Crippen LogP contribution in [0.4, 0.5) is 0 Å². The lowest BCUT2D eigenvalue weighted by atomic mass is 10.0. The number of hydrogen-bond acceptors (Lipinski definition) is 5. The molecule has 0 fully saturated rings. The third-order valence-electron chi connectivity index (χ3n) is 12.5. The third-order valence-corrected chi connectivity index (χ3v) is 12.5. The van der Waals surface area contributed by atoms with Crippen molar-refractivity contribution < 1.29 is 24.5 Å². The van der Waals surface area contributed by atoms with Gasteiger partial charge in [0.15, 0.2) is 0 Å². The van der Waals surface area contributed by atoms with Crippen molar-refractivity contribution in [1.29, 1.82) is 0 Å². The van der Waals surface area contributed by atoms with Gasteiger partial charge in [-0.05, 0) is 64.2 Å². The number of aliphatic hydroxyl groups is 2. The highest BCUT2D eigenvalue weighted by atomic mass is 16.5. The number of unbranched alkanes of at least 4 members (excludes halogenated alkanes) is 35. The Morgan fingerprint density at radius 1 is 0.459 bits per heavy atom. The molecule has 6 nitrogen and oxygen atoms in total. The van der Waals surface area contributed by atoms with Gasteiger partial charge in [0.25, 0.3) is 0 Å². The van der Waals surface area contributed by atoms with E-state index in [1.807, 2.05) is 0 Å². The lowest BCUT2D eigenvalue weighted by Crippen LogP contribution is -2.45. The number of carbonyl (C=O) groups excluding carboxylic acids is 2. The standard InChI is InChI=1S/C55H105NO5/c1-3-5-7-9-11-13-15-16-17-22-25-29-33-37-41-45-49-55(60)61-50-46-42-38-34-30-26-23-20-18-19-21-24-28-32-36-40-44-48-54(59)56-52(51-57)53(58)47-43-39-35-31-27-14-12-10-8-6-4-2/h18,20,26,30,52-53,57-58H,3-17,19,21-25,27-29,31-51H2,1-2H3,(H,56,59)/b20-18-,30-26-. The summed E-state index contributed by atoms with van der Waals surface area (Å²) in [5, 5.41) is 23.1.